The van der Waals surface area contributed by atoms with E-state index in [2.05, 4.69) is 22.3 Å². The first kappa shape index (κ1) is 21.1. The van der Waals surface area contributed by atoms with Gasteiger partial charge in [-0.1, -0.05) is 38.1 Å². The fraction of sp³-hybridized carbons (Fsp3) is 0.636. The largest absolute Gasteiger partial charge is 0.334 e. The molecule has 2 saturated heterocycles. The lowest BCUT2D eigenvalue weighted by molar-refractivity contribution is -0.150. The summed E-state index contributed by atoms with van der Waals surface area (Å²) in [7, 11) is 0. The maximum atomic E-state index is 13.7. The number of halogens is 1. The van der Waals surface area contributed by atoms with Crippen molar-refractivity contribution in [2.45, 2.75) is 70.6 Å². The van der Waals surface area contributed by atoms with Crippen LogP contribution in [0.1, 0.15) is 50.7 Å². The second-order valence-corrected chi connectivity index (χ2v) is 8.39. The van der Waals surface area contributed by atoms with Gasteiger partial charge in [-0.05, 0) is 43.4 Å². The van der Waals surface area contributed by atoms with Gasteiger partial charge < -0.3 is 15.1 Å². The lowest BCUT2D eigenvalue weighted by Crippen LogP contribution is -2.57. The molecule has 4 rings (SSSR count). The molecule has 1 N–H and O–H groups in total. The Kier molecular flexibility index (Phi) is 6.66. The Labute approximate surface area is 174 Å². The topological polar surface area (TPSA) is 52.7 Å². The fourth-order valence-electron chi connectivity index (χ4n) is 4.95. The van der Waals surface area contributed by atoms with Gasteiger partial charge in [0.15, 0.2) is 0 Å². The monoisotopic (exact) mass is 405 g/mol. The number of amides is 2. The summed E-state index contributed by atoms with van der Waals surface area (Å²) in [6.07, 6.45) is 4.63. The van der Waals surface area contributed by atoms with Crippen LogP contribution < -0.4 is 5.32 Å². The molecule has 3 aliphatic heterocycles. The van der Waals surface area contributed by atoms with Crippen LogP contribution >= 0.6 is 12.4 Å². The van der Waals surface area contributed by atoms with Crippen LogP contribution in [-0.2, 0) is 22.6 Å². The molecule has 4 unspecified atom stereocenters. The lowest BCUT2D eigenvalue weighted by atomic mass is 9.91. The fourth-order valence-corrected chi connectivity index (χ4v) is 4.95. The van der Waals surface area contributed by atoms with E-state index in [9.17, 15) is 9.59 Å². The highest BCUT2D eigenvalue weighted by Gasteiger charge is 2.44. The lowest BCUT2D eigenvalue weighted by Gasteiger charge is -2.41. The van der Waals surface area contributed by atoms with Crippen molar-refractivity contribution >= 4 is 24.2 Å². The van der Waals surface area contributed by atoms with Crippen LogP contribution in [0.5, 0.6) is 0 Å². The van der Waals surface area contributed by atoms with Gasteiger partial charge in [0.1, 0.15) is 6.04 Å². The van der Waals surface area contributed by atoms with Gasteiger partial charge in [-0.25, -0.2) is 0 Å². The Bertz CT molecular complexity index is 711. The van der Waals surface area contributed by atoms with E-state index in [1.54, 1.807) is 0 Å². The van der Waals surface area contributed by atoms with Crippen molar-refractivity contribution in [2.75, 3.05) is 13.1 Å². The molecule has 3 heterocycles. The summed E-state index contributed by atoms with van der Waals surface area (Å²) < 4.78 is 0. The third kappa shape index (κ3) is 3.79. The van der Waals surface area contributed by atoms with Gasteiger partial charge in [0.05, 0.1) is 0 Å². The van der Waals surface area contributed by atoms with Gasteiger partial charge in [-0.3, -0.25) is 9.59 Å². The maximum absolute atomic E-state index is 13.7. The molecule has 0 aliphatic carbocycles. The minimum Gasteiger partial charge on any atom is -0.334 e. The molecular weight excluding hydrogens is 374 g/mol. The molecule has 0 saturated carbocycles. The average Bonchev–Trinajstić information content (AvgIpc) is 2.97. The highest BCUT2D eigenvalue weighted by molar-refractivity contribution is 5.90. The molecule has 3 aliphatic rings. The zero-order valence-electron chi connectivity index (χ0n) is 16.9. The van der Waals surface area contributed by atoms with Gasteiger partial charge in [0.25, 0.3) is 0 Å². The third-order valence-electron chi connectivity index (χ3n) is 6.76. The van der Waals surface area contributed by atoms with E-state index in [0.717, 1.165) is 38.8 Å². The summed E-state index contributed by atoms with van der Waals surface area (Å²) in [5.74, 6) is 0.232. The van der Waals surface area contributed by atoms with Crippen LogP contribution in [-0.4, -0.2) is 52.8 Å². The van der Waals surface area contributed by atoms with E-state index in [1.807, 2.05) is 30.9 Å². The first-order valence-corrected chi connectivity index (χ1v) is 10.5. The molecular formula is C22H32ClN3O2. The number of nitrogens with one attached hydrogen (secondary N) is 1. The standard InChI is InChI=1S/C22H31N3O2.ClH/c1-3-15(2)21(26)24-14-17-7-5-4-6-16(17)12-20(24)22(27)25-18-8-9-19(25)13-23-11-10-18;/h4-7,15,18-20,23H,3,8-14H2,1-2H3;1H. The zero-order chi connectivity index (χ0) is 19.0. The maximum Gasteiger partial charge on any atom is 0.246 e. The molecule has 2 amide bonds. The van der Waals surface area contributed by atoms with E-state index >= 15 is 0 Å². The Hall–Kier alpha value is -1.59. The number of nitrogens with zero attached hydrogens (tertiary/aromatic N) is 2. The van der Waals surface area contributed by atoms with Gasteiger partial charge in [-0.15, -0.1) is 12.4 Å². The van der Waals surface area contributed by atoms with Crippen molar-refractivity contribution in [1.82, 2.24) is 15.1 Å². The van der Waals surface area contributed by atoms with Crippen LogP contribution in [0.4, 0.5) is 0 Å². The number of fused-ring (bicyclic) bond motifs is 3. The molecule has 4 atom stereocenters. The van der Waals surface area contributed by atoms with E-state index in [1.165, 1.54) is 11.1 Å². The van der Waals surface area contributed by atoms with E-state index < -0.39 is 0 Å². The molecule has 2 bridgehead atoms. The Balaban J connectivity index is 0.00000225. The molecule has 0 spiro atoms. The van der Waals surface area contributed by atoms with Crippen molar-refractivity contribution in [3.8, 4) is 0 Å². The summed E-state index contributed by atoms with van der Waals surface area (Å²) in [6.45, 7) is 6.43. The summed E-state index contributed by atoms with van der Waals surface area (Å²) in [6, 6.07) is 8.51. The predicted octanol–water partition coefficient (Wildman–Crippen LogP) is 2.76. The third-order valence-corrected chi connectivity index (χ3v) is 6.76. The van der Waals surface area contributed by atoms with Crippen molar-refractivity contribution < 1.29 is 9.59 Å². The number of carbonyl (C=O) groups excluding carboxylic acids is 2. The van der Waals surface area contributed by atoms with Crippen molar-refractivity contribution in [3.05, 3.63) is 35.4 Å². The molecule has 5 nitrogen and oxygen atoms in total. The van der Waals surface area contributed by atoms with Crippen LogP contribution in [0.15, 0.2) is 24.3 Å². The summed E-state index contributed by atoms with van der Waals surface area (Å²) in [4.78, 5) is 30.8. The molecule has 1 aromatic rings. The first-order chi connectivity index (χ1) is 13.1. The van der Waals surface area contributed by atoms with Crippen LogP contribution in [0, 0.1) is 5.92 Å². The normalized spacial score (nSPS) is 27.4. The molecule has 0 aromatic heterocycles. The number of rotatable bonds is 3. The van der Waals surface area contributed by atoms with E-state index in [0.29, 0.717) is 19.0 Å². The summed E-state index contributed by atoms with van der Waals surface area (Å²) in [5, 5.41) is 3.47. The Morgan fingerprint density at radius 1 is 1.14 bits per heavy atom. The first-order valence-electron chi connectivity index (χ1n) is 10.5. The molecule has 0 radical (unpaired) electrons. The Morgan fingerprint density at radius 2 is 1.86 bits per heavy atom. The van der Waals surface area contributed by atoms with Crippen molar-refractivity contribution in [3.63, 3.8) is 0 Å². The predicted molar refractivity (Wildman–Crippen MR) is 112 cm³/mol. The van der Waals surface area contributed by atoms with Gasteiger partial charge in [0, 0.05) is 37.5 Å². The molecule has 28 heavy (non-hydrogen) atoms. The van der Waals surface area contributed by atoms with Crippen LogP contribution in [0.2, 0.25) is 0 Å². The van der Waals surface area contributed by atoms with Crippen LogP contribution in [0.3, 0.4) is 0 Å². The molecule has 2 fully saturated rings. The average molecular weight is 406 g/mol. The smallest absolute Gasteiger partial charge is 0.246 e. The zero-order valence-corrected chi connectivity index (χ0v) is 17.7. The second kappa shape index (κ2) is 8.83. The van der Waals surface area contributed by atoms with E-state index in [-0.39, 0.29) is 42.2 Å². The number of hydrogen-bond donors (Lipinski definition) is 1. The number of carbonyl (C=O) groups is 2. The SMILES string of the molecule is CCC(C)C(=O)N1Cc2ccccc2CC1C(=O)N1C2CCNCC1CC2.Cl. The summed E-state index contributed by atoms with van der Waals surface area (Å²) >= 11 is 0. The molecule has 1 aromatic carbocycles. The Morgan fingerprint density at radius 3 is 2.61 bits per heavy atom. The van der Waals surface area contributed by atoms with Crippen LogP contribution in [0.25, 0.3) is 0 Å². The highest BCUT2D eigenvalue weighted by atomic mass is 35.5. The molecule has 154 valence electrons. The number of hydrogen-bond acceptors (Lipinski definition) is 3. The minimum atomic E-state index is -0.359. The van der Waals surface area contributed by atoms with Gasteiger partial charge in [0.2, 0.25) is 11.8 Å². The minimum absolute atomic E-state index is 0. The van der Waals surface area contributed by atoms with E-state index in [4.69, 9.17) is 0 Å². The summed E-state index contributed by atoms with van der Waals surface area (Å²) in [5.41, 5.74) is 2.39. The quantitative estimate of drug-likeness (QED) is 0.841. The second-order valence-electron chi connectivity index (χ2n) is 8.39. The highest BCUT2D eigenvalue weighted by Crippen LogP contribution is 2.32. The number of benzene rings is 1. The van der Waals surface area contributed by atoms with Gasteiger partial charge >= 0.3 is 0 Å². The van der Waals surface area contributed by atoms with Crippen molar-refractivity contribution in [1.29, 1.82) is 0 Å². The molecule has 6 heteroatoms. The van der Waals surface area contributed by atoms with Gasteiger partial charge in [-0.2, -0.15) is 0 Å². The van der Waals surface area contributed by atoms with Crippen molar-refractivity contribution in [2.24, 2.45) is 5.92 Å².